The summed E-state index contributed by atoms with van der Waals surface area (Å²) in [7, 11) is 0. The average Bonchev–Trinajstić information content (AvgIpc) is 3.76. The standard InChI is InChI=1S/C22H20Br2N4O8/c23-9-5-21(17-15(33-17)13(9)29)7-11(27-35-21)19(31)25-3-1-2-4-26-20(32)12-8-22(36-28-12)6-10(24)14(30)16-18(22)34-16/h5-6,15-18H,1-4,7-8H2,(H,25,31)(H,26,32)/t15-,16-,17-,18-,21+,22+/m0/s1. The fraction of sp³-hybridized carbons (Fsp3) is 0.545. The van der Waals surface area contributed by atoms with Gasteiger partial charge in [-0.05, 0) is 56.9 Å². The van der Waals surface area contributed by atoms with E-state index in [1.165, 1.54) is 0 Å². The number of nitrogens with zero attached hydrogens (tertiary/aromatic N) is 2. The number of nitrogens with one attached hydrogen (secondary N) is 2. The van der Waals surface area contributed by atoms with Crippen LogP contribution in [0.25, 0.3) is 0 Å². The Balaban J connectivity index is 0.900. The monoisotopic (exact) mass is 626 g/mol. The van der Waals surface area contributed by atoms with Crippen molar-refractivity contribution in [2.75, 3.05) is 13.1 Å². The molecule has 6 aliphatic rings. The van der Waals surface area contributed by atoms with Gasteiger partial charge in [-0.15, -0.1) is 0 Å². The molecule has 0 radical (unpaired) electrons. The number of oxime groups is 2. The van der Waals surface area contributed by atoms with Crippen LogP contribution in [-0.2, 0) is 38.3 Å². The Morgan fingerprint density at radius 3 is 1.67 bits per heavy atom. The molecule has 12 nitrogen and oxygen atoms in total. The molecular formula is C22H20Br2N4O8. The van der Waals surface area contributed by atoms with Crippen molar-refractivity contribution in [3.8, 4) is 0 Å². The Morgan fingerprint density at radius 1 is 0.833 bits per heavy atom. The van der Waals surface area contributed by atoms with E-state index in [1.54, 1.807) is 12.2 Å². The lowest BCUT2D eigenvalue weighted by Gasteiger charge is -2.23. The molecule has 36 heavy (non-hydrogen) atoms. The molecule has 0 aromatic carbocycles. The van der Waals surface area contributed by atoms with Crippen LogP contribution in [0, 0.1) is 0 Å². The van der Waals surface area contributed by atoms with Crippen LogP contribution in [0.4, 0.5) is 0 Å². The lowest BCUT2D eigenvalue weighted by Crippen LogP contribution is -2.42. The minimum absolute atomic E-state index is 0.132. The number of fused-ring (bicyclic) bond motifs is 4. The van der Waals surface area contributed by atoms with E-state index in [0.717, 1.165) is 0 Å². The Kier molecular flexibility index (Phi) is 5.70. The number of ether oxygens (including phenoxy) is 2. The van der Waals surface area contributed by atoms with E-state index in [4.69, 9.17) is 19.1 Å². The second kappa shape index (κ2) is 8.57. The number of carbonyl (C=O) groups is 4. The van der Waals surface area contributed by atoms with Gasteiger partial charge in [0.15, 0.2) is 23.4 Å². The number of carbonyl (C=O) groups excluding carboxylic acids is 4. The molecule has 0 aromatic heterocycles. The molecule has 14 heteroatoms. The van der Waals surface area contributed by atoms with Gasteiger partial charge in [0.05, 0.1) is 8.96 Å². The maximum atomic E-state index is 12.5. The van der Waals surface area contributed by atoms with Crippen molar-refractivity contribution in [3.63, 3.8) is 0 Å². The smallest absolute Gasteiger partial charge is 0.269 e. The van der Waals surface area contributed by atoms with Gasteiger partial charge in [0.2, 0.25) is 11.6 Å². The topological polar surface area (TPSA) is 161 Å². The number of halogens is 2. The normalized spacial score (nSPS) is 37.2. The van der Waals surface area contributed by atoms with Crippen molar-refractivity contribution >= 4 is 66.7 Å². The van der Waals surface area contributed by atoms with Crippen molar-refractivity contribution in [2.24, 2.45) is 10.3 Å². The summed E-state index contributed by atoms with van der Waals surface area (Å²) < 4.78 is 11.6. The first kappa shape index (κ1) is 23.9. The Labute approximate surface area is 221 Å². The molecule has 0 bridgehead atoms. The van der Waals surface area contributed by atoms with Gasteiger partial charge in [0.25, 0.3) is 11.8 Å². The van der Waals surface area contributed by atoms with E-state index in [9.17, 15) is 19.2 Å². The van der Waals surface area contributed by atoms with E-state index in [0.29, 0.717) is 34.9 Å². The summed E-state index contributed by atoms with van der Waals surface area (Å²) in [4.78, 5) is 59.8. The molecule has 4 aliphatic heterocycles. The van der Waals surface area contributed by atoms with Gasteiger partial charge in [-0.2, -0.15) is 0 Å². The third kappa shape index (κ3) is 3.94. The van der Waals surface area contributed by atoms with Gasteiger partial charge < -0.3 is 29.8 Å². The predicted octanol–water partition coefficient (Wildman–Crippen LogP) is 0.287. The average molecular weight is 628 g/mol. The van der Waals surface area contributed by atoms with Crippen LogP contribution in [0.15, 0.2) is 31.4 Å². The van der Waals surface area contributed by atoms with Crippen molar-refractivity contribution in [2.45, 2.75) is 61.3 Å². The molecule has 4 heterocycles. The third-order valence-corrected chi connectivity index (χ3v) is 8.15. The fourth-order valence-electron chi connectivity index (χ4n) is 4.87. The highest BCUT2D eigenvalue weighted by Gasteiger charge is 2.66. The summed E-state index contributed by atoms with van der Waals surface area (Å²) in [6.45, 7) is 0.781. The summed E-state index contributed by atoms with van der Waals surface area (Å²) in [6.07, 6.45) is 2.99. The first-order valence-corrected chi connectivity index (χ1v) is 13.0. The molecule has 190 valence electrons. The van der Waals surface area contributed by atoms with Crippen molar-refractivity contribution in [1.82, 2.24) is 10.6 Å². The van der Waals surface area contributed by atoms with Gasteiger partial charge in [0.1, 0.15) is 23.6 Å². The molecule has 2 fully saturated rings. The van der Waals surface area contributed by atoms with Gasteiger partial charge in [0, 0.05) is 25.9 Å². The van der Waals surface area contributed by atoms with Crippen LogP contribution in [-0.4, -0.2) is 83.5 Å². The molecule has 0 saturated carbocycles. The van der Waals surface area contributed by atoms with Crippen LogP contribution in [0.5, 0.6) is 0 Å². The minimum atomic E-state index is -0.925. The summed E-state index contributed by atoms with van der Waals surface area (Å²) in [5.74, 6) is -0.953. The number of rotatable bonds is 7. The van der Waals surface area contributed by atoms with Gasteiger partial charge in [-0.1, -0.05) is 10.3 Å². The molecule has 6 rings (SSSR count). The van der Waals surface area contributed by atoms with E-state index in [1.807, 2.05) is 0 Å². The van der Waals surface area contributed by atoms with Crippen molar-refractivity contribution < 1.29 is 38.3 Å². The van der Waals surface area contributed by atoms with Crippen molar-refractivity contribution in [3.05, 3.63) is 21.1 Å². The largest absolute Gasteiger partial charge is 0.381 e. The van der Waals surface area contributed by atoms with E-state index >= 15 is 0 Å². The van der Waals surface area contributed by atoms with Gasteiger partial charge >= 0.3 is 0 Å². The molecule has 2 saturated heterocycles. The molecule has 2 amide bonds. The van der Waals surface area contributed by atoms with Crippen LogP contribution in [0.3, 0.4) is 0 Å². The summed E-state index contributed by atoms with van der Waals surface area (Å²) >= 11 is 6.44. The number of epoxide rings is 2. The van der Waals surface area contributed by atoms with Crippen LogP contribution < -0.4 is 10.6 Å². The second-order valence-electron chi connectivity index (χ2n) is 9.41. The lowest BCUT2D eigenvalue weighted by atomic mass is 9.86. The Morgan fingerprint density at radius 2 is 1.25 bits per heavy atom. The molecule has 6 atom stereocenters. The lowest BCUT2D eigenvalue weighted by molar-refractivity contribution is -0.117. The number of Topliss-reactive ketones (excluding diaryl/α,β-unsaturated/α-hetero) is 2. The number of amides is 2. The Hall–Kier alpha value is -2.42. The maximum absolute atomic E-state index is 12.5. The quantitative estimate of drug-likeness (QED) is 0.301. The highest BCUT2D eigenvalue weighted by molar-refractivity contribution is 9.12. The number of unbranched alkanes of at least 4 members (excludes halogenated alkanes) is 1. The summed E-state index contributed by atoms with van der Waals surface area (Å²) in [6, 6.07) is 0. The molecule has 0 aromatic rings. The first-order valence-electron chi connectivity index (χ1n) is 11.5. The molecule has 2 spiro atoms. The number of hydrogen-bond donors (Lipinski definition) is 2. The summed E-state index contributed by atoms with van der Waals surface area (Å²) in [5.41, 5.74) is -1.37. The van der Waals surface area contributed by atoms with E-state index < -0.39 is 35.6 Å². The number of hydrogen-bond acceptors (Lipinski definition) is 10. The predicted molar refractivity (Wildman–Crippen MR) is 128 cm³/mol. The van der Waals surface area contributed by atoms with Crippen LogP contribution in [0.1, 0.15) is 25.7 Å². The molecule has 2 aliphatic carbocycles. The highest BCUT2D eigenvalue weighted by Crippen LogP contribution is 2.49. The van der Waals surface area contributed by atoms with Crippen LogP contribution in [0.2, 0.25) is 0 Å². The Bertz CT molecular complexity index is 1120. The van der Waals surface area contributed by atoms with E-state index in [2.05, 4.69) is 52.8 Å². The second-order valence-corrected chi connectivity index (χ2v) is 11.1. The van der Waals surface area contributed by atoms with Gasteiger partial charge in [-0.25, -0.2) is 0 Å². The molecule has 2 N–H and O–H groups in total. The zero-order valence-corrected chi connectivity index (χ0v) is 21.8. The maximum Gasteiger partial charge on any atom is 0.269 e. The number of ketones is 2. The zero-order valence-electron chi connectivity index (χ0n) is 18.6. The fourth-order valence-corrected chi connectivity index (χ4v) is 6.09. The molecular weight excluding hydrogens is 608 g/mol. The van der Waals surface area contributed by atoms with Crippen molar-refractivity contribution in [1.29, 1.82) is 0 Å². The zero-order chi connectivity index (χ0) is 25.2. The minimum Gasteiger partial charge on any atom is -0.381 e. The third-order valence-electron chi connectivity index (χ3n) is 6.91. The SMILES string of the molecule is O=C(NCCCCNC(=O)C1=NO[C@]2(C=C(Br)C(=O)[C@@H]3O[C@@H]32)C1)C1=NO[C@]2(C=C(Br)C(=O)[C@@H]3O[C@@H]32)C1. The van der Waals surface area contributed by atoms with E-state index in [-0.39, 0.29) is 47.6 Å². The molecule has 0 unspecified atom stereocenters. The first-order chi connectivity index (χ1) is 17.2. The highest BCUT2D eigenvalue weighted by atomic mass is 79.9. The van der Waals surface area contributed by atoms with Crippen LogP contribution >= 0.6 is 31.9 Å². The van der Waals surface area contributed by atoms with Gasteiger partial charge in [-0.3, -0.25) is 19.2 Å². The summed E-state index contributed by atoms with van der Waals surface area (Å²) in [5, 5.41) is 13.4.